The summed E-state index contributed by atoms with van der Waals surface area (Å²) in [6.07, 6.45) is 1.42. The summed E-state index contributed by atoms with van der Waals surface area (Å²) in [6.45, 7) is -0.270. The molecule has 0 spiro atoms. The van der Waals surface area contributed by atoms with Crippen LogP contribution in [0.15, 0.2) is 78.4 Å². The first-order valence-electron chi connectivity index (χ1n) is 9.82. The molecule has 0 aliphatic heterocycles. The number of methoxy groups -OCH3 is 1. The minimum Gasteiger partial charge on any atom is -0.497 e. The molecule has 0 aromatic heterocycles. The summed E-state index contributed by atoms with van der Waals surface area (Å²) in [5, 5.41) is 14.7. The van der Waals surface area contributed by atoms with Crippen molar-refractivity contribution in [2.24, 2.45) is 0 Å². The molecule has 0 heterocycles. The maximum Gasteiger partial charge on any atom is 0.266 e. The quantitative estimate of drug-likeness (QED) is 0.395. The standard InChI is InChI=1S/C25H20FN3O4/c1-32-22-11-9-21(10-12-22)29-25(31)18(15-27)13-17-3-2-4-23(14-17)33-16-24(30)28-20-7-5-19(26)6-8-20/h2-14H,16H2,1H3,(H,28,30)(H,29,31)/b18-13-. The van der Waals surface area contributed by atoms with E-state index in [9.17, 15) is 19.2 Å². The van der Waals surface area contributed by atoms with Gasteiger partial charge in [-0.1, -0.05) is 12.1 Å². The monoisotopic (exact) mass is 445 g/mol. The molecule has 3 aromatic carbocycles. The van der Waals surface area contributed by atoms with Gasteiger partial charge < -0.3 is 20.1 Å². The minimum atomic E-state index is -0.562. The highest BCUT2D eigenvalue weighted by atomic mass is 19.1. The van der Waals surface area contributed by atoms with Gasteiger partial charge >= 0.3 is 0 Å². The van der Waals surface area contributed by atoms with Gasteiger partial charge in [0.05, 0.1) is 7.11 Å². The maximum absolute atomic E-state index is 12.9. The van der Waals surface area contributed by atoms with Gasteiger partial charge in [0, 0.05) is 11.4 Å². The molecule has 2 amide bonds. The highest BCUT2D eigenvalue weighted by molar-refractivity contribution is 6.09. The number of nitriles is 1. The van der Waals surface area contributed by atoms with Gasteiger partial charge in [-0.2, -0.15) is 5.26 Å². The number of carbonyl (C=O) groups excluding carboxylic acids is 2. The SMILES string of the molecule is COc1ccc(NC(=O)/C(C#N)=C\c2cccc(OCC(=O)Nc3ccc(F)cc3)c2)cc1. The van der Waals surface area contributed by atoms with Gasteiger partial charge in [-0.3, -0.25) is 9.59 Å². The number of nitrogens with zero attached hydrogens (tertiary/aromatic N) is 1. The van der Waals surface area contributed by atoms with Gasteiger partial charge in [0.25, 0.3) is 11.8 Å². The Morgan fingerprint density at radius 1 is 0.970 bits per heavy atom. The number of halogens is 1. The van der Waals surface area contributed by atoms with E-state index in [1.165, 1.54) is 30.3 Å². The fourth-order valence-corrected chi connectivity index (χ4v) is 2.76. The van der Waals surface area contributed by atoms with E-state index in [1.807, 2.05) is 6.07 Å². The number of hydrogen-bond acceptors (Lipinski definition) is 5. The van der Waals surface area contributed by atoms with Crippen molar-refractivity contribution < 1.29 is 23.5 Å². The zero-order chi connectivity index (χ0) is 23.6. The fraction of sp³-hybridized carbons (Fsp3) is 0.0800. The van der Waals surface area contributed by atoms with Crippen LogP contribution in [0.5, 0.6) is 11.5 Å². The smallest absolute Gasteiger partial charge is 0.266 e. The van der Waals surface area contributed by atoms with Crippen molar-refractivity contribution in [3.8, 4) is 17.6 Å². The van der Waals surface area contributed by atoms with E-state index < -0.39 is 17.6 Å². The van der Waals surface area contributed by atoms with Crippen molar-refractivity contribution >= 4 is 29.3 Å². The molecule has 8 heteroatoms. The first-order chi connectivity index (χ1) is 16.0. The molecule has 0 saturated heterocycles. The fourth-order valence-electron chi connectivity index (χ4n) is 2.76. The van der Waals surface area contributed by atoms with Crippen LogP contribution in [-0.2, 0) is 9.59 Å². The van der Waals surface area contributed by atoms with Crippen LogP contribution in [-0.4, -0.2) is 25.5 Å². The van der Waals surface area contributed by atoms with E-state index in [0.29, 0.717) is 28.4 Å². The van der Waals surface area contributed by atoms with Gasteiger partial charge in [-0.15, -0.1) is 0 Å². The second kappa shape index (κ2) is 11.1. The Balaban J connectivity index is 1.61. The second-order valence-electron chi connectivity index (χ2n) is 6.77. The lowest BCUT2D eigenvalue weighted by molar-refractivity contribution is -0.118. The number of ether oxygens (including phenoxy) is 2. The third kappa shape index (κ3) is 6.94. The second-order valence-corrected chi connectivity index (χ2v) is 6.77. The number of rotatable bonds is 8. The van der Waals surface area contributed by atoms with Crippen molar-refractivity contribution in [1.82, 2.24) is 0 Å². The maximum atomic E-state index is 12.9. The number of carbonyl (C=O) groups is 2. The van der Waals surface area contributed by atoms with Gasteiger partial charge in [0.15, 0.2) is 6.61 Å². The van der Waals surface area contributed by atoms with Crippen molar-refractivity contribution in [2.45, 2.75) is 0 Å². The summed E-state index contributed by atoms with van der Waals surface area (Å²) >= 11 is 0. The molecule has 0 atom stereocenters. The molecule has 166 valence electrons. The van der Waals surface area contributed by atoms with Crippen molar-refractivity contribution in [1.29, 1.82) is 5.26 Å². The van der Waals surface area contributed by atoms with Crippen LogP contribution in [0.4, 0.5) is 15.8 Å². The molecule has 2 N–H and O–H groups in total. The van der Waals surface area contributed by atoms with Gasteiger partial charge in [0.1, 0.15) is 29.0 Å². The summed E-state index contributed by atoms with van der Waals surface area (Å²) in [4.78, 5) is 24.5. The summed E-state index contributed by atoms with van der Waals surface area (Å²) < 4.78 is 23.5. The third-order valence-corrected chi connectivity index (χ3v) is 4.38. The Morgan fingerprint density at radius 3 is 2.30 bits per heavy atom. The first kappa shape index (κ1) is 23.0. The van der Waals surface area contributed by atoms with Crippen molar-refractivity contribution in [3.05, 3.63) is 89.8 Å². The number of hydrogen-bond donors (Lipinski definition) is 2. The minimum absolute atomic E-state index is 0.1000. The Bertz CT molecular complexity index is 1200. The highest BCUT2D eigenvalue weighted by Gasteiger charge is 2.10. The summed E-state index contributed by atoms with van der Waals surface area (Å²) in [7, 11) is 1.54. The molecule has 0 radical (unpaired) electrons. The summed E-state index contributed by atoms with van der Waals surface area (Å²) in [5.74, 6) is -0.353. The third-order valence-electron chi connectivity index (χ3n) is 4.38. The predicted molar refractivity (Wildman–Crippen MR) is 122 cm³/mol. The zero-order valence-electron chi connectivity index (χ0n) is 17.7. The van der Waals surface area contributed by atoms with E-state index >= 15 is 0 Å². The molecule has 33 heavy (non-hydrogen) atoms. The van der Waals surface area contributed by atoms with Crippen LogP contribution in [0, 0.1) is 17.1 Å². The van der Waals surface area contributed by atoms with E-state index in [-0.39, 0.29) is 12.2 Å². The average Bonchev–Trinajstić information content (AvgIpc) is 2.83. The van der Waals surface area contributed by atoms with Gasteiger partial charge in [-0.25, -0.2) is 4.39 Å². The molecular weight excluding hydrogens is 425 g/mol. The zero-order valence-corrected chi connectivity index (χ0v) is 17.7. The summed E-state index contributed by atoms with van der Waals surface area (Å²) in [5.41, 5.74) is 1.42. The summed E-state index contributed by atoms with van der Waals surface area (Å²) in [6, 6.07) is 20.6. The lowest BCUT2D eigenvalue weighted by Crippen LogP contribution is -2.20. The molecule has 0 aliphatic rings. The van der Waals surface area contributed by atoms with Gasteiger partial charge in [0.2, 0.25) is 0 Å². The molecular formula is C25H20FN3O4. The molecule has 3 aromatic rings. The number of anilines is 2. The average molecular weight is 445 g/mol. The van der Waals surface area contributed by atoms with E-state index in [0.717, 1.165) is 0 Å². The van der Waals surface area contributed by atoms with Crippen molar-refractivity contribution in [3.63, 3.8) is 0 Å². The molecule has 0 aliphatic carbocycles. The van der Waals surface area contributed by atoms with E-state index in [4.69, 9.17) is 9.47 Å². The molecule has 3 rings (SSSR count). The van der Waals surface area contributed by atoms with Crippen LogP contribution in [0.1, 0.15) is 5.56 Å². The molecule has 0 saturated carbocycles. The predicted octanol–water partition coefficient (Wildman–Crippen LogP) is 4.40. The Hall–Kier alpha value is -4.64. The Labute approximate surface area is 190 Å². The number of nitrogens with one attached hydrogen (secondary N) is 2. The Kier molecular flexibility index (Phi) is 7.76. The van der Waals surface area contributed by atoms with Gasteiger partial charge in [-0.05, 0) is 72.3 Å². The Morgan fingerprint density at radius 2 is 1.64 bits per heavy atom. The normalized spacial score (nSPS) is 10.6. The van der Waals surface area contributed by atoms with Crippen LogP contribution >= 0.6 is 0 Å². The highest BCUT2D eigenvalue weighted by Crippen LogP contribution is 2.18. The van der Waals surface area contributed by atoms with E-state index in [1.54, 1.807) is 55.6 Å². The molecule has 0 bridgehead atoms. The van der Waals surface area contributed by atoms with Crippen molar-refractivity contribution in [2.75, 3.05) is 24.4 Å². The van der Waals surface area contributed by atoms with Crippen LogP contribution in [0.2, 0.25) is 0 Å². The van der Waals surface area contributed by atoms with Crippen LogP contribution < -0.4 is 20.1 Å². The van der Waals surface area contributed by atoms with Crippen LogP contribution in [0.3, 0.4) is 0 Å². The number of amides is 2. The van der Waals surface area contributed by atoms with Crippen LogP contribution in [0.25, 0.3) is 6.08 Å². The van der Waals surface area contributed by atoms with E-state index in [2.05, 4.69) is 10.6 Å². The lowest BCUT2D eigenvalue weighted by Gasteiger charge is -2.08. The molecule has 0 unspecified atom stereocenters. The largest absolute Gasteiger partial charge is 0.497 e. The number of benzene rings is 3. The molecule has 0 fully saturated rings. The molecule has 7 nitrogen and oxygen atoms in total. The lowest BCUT2D eigenvalue weighted by atomic mass is 10.1. The topological polar surface area (TPSA) is 100 Å². The first-order valence-corrected chi connectivity index (χ1v) is 9.82.